The fourth-order valence-electron chi connectivity index (χ4n) is 8.53. The van der Waals surface area contributed by atoms with E-state index in [9.17, 15) is 29.7 Å². The van der Waals surface area contributed by atoms with E-state index in [0.717, 1.165) is 28.7 Å². The maximum atomic E-state index is 14.1. The van der Waals surface area contributed by atoms with Crippen molar-refractivity contribution in [2.24, 2.45) is 17.8 Å². The van der Waals surface area contributed by atoms with E-state index in [1.807, 2.05) is 32.0 Å². The largest absolute Gasteiger partial charge is 0.507 e. The number of aryl methyl sites for hydroxylation is 1. The number of hydrogen-bond acceptors (Lipinski definition) is 7. The molecular formula is C36H40O7. The van der Waals surface area contributed by atoms with Crippen LogP contribution in [-0.4, -0.2) is 51.5 Å². The molecule has 3 N–H and O–H groups in total. The number of allylic oxidation sites excluding steroid dienone is 1. The molecule has 226 valence electrons. The zero-order valence-electron chi connectivity index (χ0n) is 25.5. The van der Waals surface area contributed by atoms with Crippen molar-refractivity contribution in [3.63, 3.8) is 0 Å². The highest BCUT2D eigenvalue weighted by atomic mass is 16.5. The Kier molecular flexibility index (Phi) is 7.25. The summed E-state index contributed by atoms with van der Waals surface area (Å²) in [5, 5.41) is 35.4. The molecule has 2 aromatic carbocycles. The van der Waals surface area contributed by atoms with E-state index in [1.54, 1.807) is 14.0 Å². The quantitative estimate of drug-likeness (QED) is 0.310. The average molecular weight is 585 g/mol. The second-order valence-electron chi connectivity index (χ2n) is 13.1. The molecule has 7 heteroatoms. The van der Waals surface area contributed by atoms with Gasteiger partial charge in [-0.3, -0.25) is 14.4 Å². The van der Waals surface area contributed by atoms with Gasteiger partial charge >= 0.3 is 0 Å². The number of hydrogen-bond donors (Lipinski definition) is 3. The first-order chi connectivity index (χ1) is 20.4. The Morgan fingerprint density at radius 1 is 1.05 bits per heavy atom. The molecule has 2 aromatic rings. The number of carbonyl (C=O) groups excluding carboxylic acids is 3. The van der Waals surface area contributed by atoms with Crippen LogP contribution in [0.25, 0.3) is 16.9 Å². The number of Topliss-reactive ketones (excluding diaryl/α,β-unsaturated/α-hetero) is 3. The second-order valence-corrected chi connectivity index (χ2v) is 13.1. The lowest BCUT2D eigenvalue weighted by Crippen LogP contribution is -2.66. The Labute approximate surface area is 252 Å². The third-order valence-corrected chi connectivity index (χ3v) is 10.6. The number of ether oxygens (including phenoxy) is 1. The minimum Gasteiger partial charge on any atom is -0.507 e. The fraction of sp³-hybridized carbons (Fsp3) is 0.472. The standard InChI is InChI=1S/C36H40O7/c1-17-10-12-23(24-16-22(11-13-26(24)43-5)15-21-8-6-7-9-21)29-19(3)30-31(33(39)28(17)29)35(41)36(42)25(32(30)38)14-18(2)27(20(4)37)34(36)40/h10-13,16,19,21,25,30,32,38-39,42H,6-9,14-15H2,1-5H3/t19-,25-,30-,32+,36-/m0/s1. The molecule has 4 aliphatic rings. The third kappa shape index (κ3) is 4.26. The Hall–Kier alpha value is -3.55. The molecule has 0 heterocycles. The Morgan fingerprint density at radius 3 is 2.40 bits per heavy atom. The van der Waals surface area contributed by atoms with Gasteiger partial charge in [0.15, 0.2) is 11.4 Å². The number of carbonyl (C=O) groups is 3. The first kappa shape index (κ1) is 29.5. The van der Waals surface area contributed by atoms with Gasteiger partial charge < -0.3 is 20.1 Å². The number of ketones is 3. The van der Waals surface area contributed by atoms with Crippen LogP contribution in [0.4, 0.5) is 0 Å². The molecule has 0 unspecified atom stereocenters. The van der Waals surface area contributed by atoms with Crippen LogP contribution >= 0.6 is 0 Å². The number of fused-ring (bicyclic) bond motifs is 3. The molecule has 2 fully saturated rings. The fourth-order valence-corrected chi connectivity index (χ4v) is 8.53. The van der Waals surface area contributed by atoms with Crippen molar-refractivity contribution in [1.82, 2.24) is 0 Å². The Morgan fingerprint density at radius 2 is 1.74 bits per heavy atom. The van der Waals surface area contributed by atoms with E-state index >= 15 is 0 Å². The summed E-state index contributed by atoms with van der Waals surface area (Å²) in [6, 6.07) is 10.1. The van der Waals surface area contributed by atoms with Crippen molar-refractivity contribution in [3.05, 3.63) is 69.3 Å². The second kappa shape index (κ2) is 10.6. The topological polar surface area (TPSA) is 121 Å². The van der Waals surface area contributed by atoms with E-state index in [4.69, 9.17) is 4.74 Å². The van der Waals surface area contributed by atoms with Crippen LogP contribution in [0.15, 0.2) is 47.1 Å². The molecule has 0 saturated heterocycles. The molecule has 0 aromatic heterocycles. The summed E-state index contributed by atoms with van der Waals surface area (Å²) in [4.78, 5) is 40.0. The van der Waals surface area contributed by atoms with Crippen LogP contribution in [0, 0.1) is 24.7 Å². The Bertz CT molecular complexity index is 1620. The van der Waals surface area contributed by atoms with Crippen LogP contribution in [0.3, 0.4) is 0 Å². The minimum absolute atomic E-state index is 0.0197. The number of benzene rings is 2. The summed E-state index contributed by atoms with van der Waals surface area (Å²) in [6.07, 6.45) is 4.67. The van der Waals surface area contributed by atoms with Gasteiger partial charge in [-0.05, 0) is 79.8 Å². The molecular weight excluding hydrogens is 544 g/mol. The number of aliphatic hydroxyl groups is 3. The smallest absolute Gasteiger partial charge is 0.206 e. The number of methoxy groups -OCH3 is 1. The first-order valence-corrected chi connectivity index (χ1v) is 15.4. The van der Waals surface area contributed by atoms with Crippen molar-refractivity contribution >= 4 is 23.1 Å². The highest BCUT2D eigenvalue weighted by Crippen LogP contribution is 2.56. The summed E-state index contributed by atoms with van der Waals surface area (Å²) in [6.45, 7) is 6.61. The lowest BCUT2D eigenvalue weighted by molar-refractivity contribution is -0.167. The maximum absolute atomic E-state index is 14.1. The molecule has 6 rings (SSSR count). The lowest BCUT2D eigenvalue weighted by Gasteiger charge is -2.51. The summed E-state index contributed by atoms with van der Waals surface area (Å²) < 4.78 is 5.81. The molecule has 4 aliphatic carbocycles. The highest BCUT2D eigenvalue weighted by molar-refractivity contribution is 6.33. The van der Waals surface area contributed by atoms with Gasteiger partial charge in [0.2, 0.25) is 11.6 Å². The molecule has 0 radical (unpaired) electrons. The lowest BCUT2D eigenvalue weighted by atomic mass is 9.54. The van der Waals surface area contributed by atoms with E-state index in [1.165, 1.54) is 38.2 Å². The van der Waals surface area contributed by atoms with Gasteiger partial charge in [0, 0.05) is 28.5 Å². The Balaban J connectivity index is 1.53. The summed E-state index contributed by atoms with van der Waals surface area (Å²) in [5.74, 6) is -3.91. The summed E-state index contributed by atoms with van der Waals surface area (Å²) in [7, 11) is 1.63. The maximum Gasteiger partial charge on any atom is 0.206 e. The predicted molar refractivity (Wildman–Crippen MR) is 163 cm³/mol. The molecule has 0 aliphatic heterocycles. The first-order valence-electron chi connectivity index (χ1n) is 15.4. The minimum atomic E-state index is -2.62. The monoisotopic (exact) mass is 584 g/mol. The van der Waals surface area contributed by atoms with Crippen LogP contribution in [0.1, 0.15) is 81.0 Å². The van der Waals surface area contributed by atoms with Crippen molar-refractivity contribution in [3.8, 4) is 16.9 Å². The van der Waals surface area contributed by atoms with Gasteiger partial charge in [0.1, 0.15) is 11.5 Å². The SMILES string of the molecule is COc1ccc(CC2CCCC2)cc1-c1ccc(C)c2c1[C@H](C)[C@H]1C(=C2O)C(=O)[C@@]2(O)C(=O)C(C(C)=O)=C(C)C[C@H]2[C@H]1O. The van der Waals surface area contributed by atoms with Crippen molar-refractivity contribution < 1.29 is 34.4 Å². The van der Waals surface area contributed by atoms with Crippen LogP contribution < -0.4 is 4.74 Å². The normalized spacial score (nSPS) is 29.0. The van der Waals surface area contributed by atoms with Gasteiger partial charge in [0.05, 0.1) is 18.8 Å². The molecule has 7 nitrogen and oxygen atoms in total. The number of aliphatic hydroxyl groups excluding tert-OH is 2. The average Bonchev–Trinajstić information content (AvgIpc) is 3.48. The number of rotatable bonds is 5. The predicted octanol–water partition coefficient (Wildman–Crippen LogP) is 5.57. The molecule has 43 heavy (non-hydrogen) atoms. The third-order valence-electron chi connectivity index (χ3n) is 10.6. The molecule has 0 amide bonds. The van der Waals surface area contributed by atoms with Gasteiger partial charge in [0.25, 0.3) is 0 Å². The van der Waals surface area contributed by atoms with Crippen LogP contribution in [0.5, 0.6) is 5.75 Å². The van der Waals surface area contributed by atoms with Crippen molar-refractivity contribution in [2.45, 2.75) is 83.8 Å². The summed E-state index contributed by atoms with van der Waals surface area (Å²) in [5.41, 5.74) is 2.38. The van der Waals surface area contributed by atoms with Crippen LogP contribution in [0.2, 0.25) is 0 Å². The molecule has 0 bridgehead atoms. The molecule has 0 spiro atoms. The van der Waals surface area contributed by atoms with Crippen molar-refractivity contribution in [1.29, 1.82) is 0 Å². The van der Waals surface area contributed by atoms with E-state index in [0.29, 0.717) is 22.8 Å². The molecule has 2 saturated carbocycles. The van der Waals surface area contributed by atoms with Gasteiger partial charge in [-0.15, -0.1) is 0 Å². The van der Waals surface area contributed by atoms with Crippen molar-refractivity contribution in [2.75, 3.05) is 7.11 Å². The van der Waals surface area contributed by atoms with E-state index in [2.05, 4.69) is 12.1 Å². The van der Waals surface area contributed by atoms with Gasteiger partial charge in [-0.2, -0.15) is 0 Å². The zero-order chi connectivity index (χ0) is 31.0. The molecule has 5 atom stereocenters. The van der Waals surface area contributed by atoms with Crippen LogP contribution in [-0.2, 0) is 20.8 Å². The van der Waals surface area contributed by atoms with Gasteiger partial charge in [-0.1, -0.05) is 56.4 Å². The van der Waals surface area contributed by atoms with E-state index in [-0.39, 0.29) is 23.3 Å². The zero-order valence-corrected chi connectivity index (χ0v) is 25.5. The van der Waals surface area contributed by atoms with E-state index < -0.39 is 46.8 Å². The van der Waals surface area contributed by atoms with Gasteiger partial charge in [-0.25, -0.2) is 0 Å². The highest BCUT2D eigenvalue weighted by Gasteiger charge is 2.65. The summed E-state index contributed by atoms with van der Waals surface area (Å²) >= 11 is 0.